The van der Waals surface area contributed by atoms with Crippen LogP contribution in [0.2, 0.25) is 0 Å². The van der Waals surface area contributed by atoms with Crippen LogP contribution in [0.4, 0.5) is 0 Å². The monoisotopic (exact) mass is 297 g/mol. The number of ether oxygens (including phenoxy) is 2. The van der Waals surface area contributed by atoms with Gasteiger partial charge in [-0.2, -0.15) is 5.26 Å². The van der Waals surface area contributed by atoms with E-state index < -0.39 is 0 Å². The highest BCUT2D eigenvalue weighted by Gasteiger charge is 2.45. The first-order chi connectivity index (χ1) is 10.8. The van der Waals surface area contributed by atoms with Crippen LogP contribution >= 0.6 is 0 Å². The topological polar surface area (TPSA) is 42.2 Å². The SMILES string of the molecule is CCOC1CC2(CCCCC2)C(C#N)=C(c2ccccc2)O1. The van der Waals surface area contributed by atoms with Crippen LogP contribution in [-0.4, -0.2) is 12.9 Å². The molecule has 1 saturated carbocycles. The summed E-state index contributed by atoms with van der Waals surface area (Å²) in [6, 6.07) is 12.4. The van der Waals surface area contributed by atoms with Gasteiger partial charge in [0.15, 0.2) is 0 Å². The molecule has 3 heteroatoms. The zero-order chi connectivity index (χ0) is 15.4. The molecule has 0 N–H and O–H groups in total. The largest absolute Gasteiger partial charge is 0.463 e. The fourth-order valence-electron chi connectivity index (χ4n) is 3.83. The number of hydrogen-bond donors (Lipinski definition) is 0. The van der Waals surface area contributed by atoms with Gasteiger partial charge >= 0.3 is 0 Å². The van der Waals surface area contributed by atoms with E-state index in [9.17, 15) is 5.26 Å². The van der Waals surface area contributed by atoms with Crippen LogP contribution < -0.4 is 0 Å². The van der Waals surface area contributed by atoms with Crippen molar-refractivity contribution in [2.75, 3.05) is 6.61 Å². The van der Waals surface area contributed by atoms with E-state index in [2.05, 4.69) is 6.07 Å². The third-order valence-corrected chi connectivity index (χ3v) is 4.88. The lowest BCUT2D eigenvalue weighted by molar-refractivity contribution is -0.126. The molecule has 1 aliphatic carbocycles. The van der Waals surface area contributed by atoms with Crippen molar-refractivity contribution < 1.29 is 9.47 Å². The van der Waals surface area contributed by atoms with Gasteiger partial charge in [0.2, 0.25) is 6.29 Å². The molecule has 0 radical (unpaired) electrons. The molecule has 1 atom stereocenters. The molecule has 1 aromatic rings. The van der Waals surface area contributed by atoms with E-state index in [1.54, 1.807) is 0 Å². The maximum Gasteiger partial charge on any atom is 0.200 e. The van der Waals surface area contributed by atoms with Crippen molar-refractivity contribution in [2.24, 2.45) is 5.41 Å². The van der Waals surface area contributed by atoms with Gasteiger partial charge in [0.25, 0.3) is 0 Å². The third-order valence-electron chi connectivity index (χ3n) is 4.88. The first-order valence-corrected chi connectivity index (χ1v) is 8.27. The molecule has 2 aliphatic rings. The van der Waals surface area contributed by atoms with Gasteiger partial charge in [0.1, 0.15) is 5.76 Å². The lowest BCUT2D eigenvalue weighted by atomic mass is 9.65. The maximum absolute atomic E-state index is 9.83. The lowest BCUT2D eigenvalue weighted by Gasteiger charge is -2.43. The Morgan fingerprint density at radius 1 is 1.23 bits per heavy atom. The van der Waals surface area contributed by atoms with Crippen molar-refractivity contribution in [3.05, 3.63) is 41.5 Å². The molecule has 22 heavy (non-hydrogen) atoms. The number of hydrogen-bond acceptors (Lipinski definition) is 3. The Morgan fingerprint density at radius 2 is 1.95 bits per heavy atom. The van der Waals surface area contributed by atoms with Crippen LogP contribution in [0.1, 0.15) is 51.0 Å². The molecule has 1 aromatic carbocycles. The molecule has 1 spiro atoms. The molecular weight excluding hydrogens is 274 g/mol. The van der Waals surface area contributed by atoms with Gasteiger partial charge < -0.3 is 9.47 Å². The van der Waals surface area contributed by atoms with Gasteiger partial charge in [0.05, 0.1) is 11.6 Å². The van der Waals surface area contributed by atoms with Crippen LogP contribution in [0.3, 0.4) is 0 Å². The predicted octanol–water partition coefficient (Wildman–Crippen LogP) is 4.65. The standard InChI is InChI=1S/C19H23NO2/c1-2-21-17-13-19(11-7-4-8-12-19)16(14-20)18(22-17)15-9-5-3-6-10-15/h3,5-6,9-10,17H,2,4,7-8,11-13H2,1H3. The fraction of sp³-hybridized carbons (Fsp3) is 0.526. The molecule has 1 aliphatic heterocycles. The van der Waals surface area contributed by atoms with Crippen LogP contribution in [0, 0.1) is 16.7 Å². The van der Waals surface area contributed by atoms with Gasteiger partial charge in [-0.15, -0.1) is 0 Å². The summed E-state index contributed by atoms with van der Waals surface area (Å²) in [5.74, 6) is 0.731. The van der Waals surface area contributed by atoms with Gasteiger partial charge in [-0.05, 0) is 19.8 Å². The second kappa shape index (κ2) is 6.54. The average Bonchev–Trinajstić information content (AvgIpc) is 2.56. The number of nitriles is 1. The van der Waals surface area contributed by atoms with Crippen LogP contribution in [0.5, 0.6) is 0 Å². The summed E-state index contributed by atoms with van der Waals surface area (Å²) in [6.45, 7) is 2.62. The molecule has 3 nitrogen and oxygen atoms in total. The second-order valence-electron chi connectivity index (χ2n) is 6.23. The Labute approximate surface area is 132 Å². The normalized spacial score (nSPS) is 23.9. The number of allylic oxidation sites excluding steroid dienone is 1. The van der Waals surface area contributed by atoms with Crippen molar-refractivity contribution in [3.8, 4) is 6.07 Å². The quantitative estimate of drug-likeness (QED) is 0.815. The first kappa shape index (κ1) is 15.1. The van der Waals surface area contributed by atoms with Gasteiger partial charge in [-0.3, -0.25) is 0 Å². The van der Waals surface area contributed by atoms with Crippen molar-refractivity contribution >= 4 is 5.76 Å². The molecule has 1 unspecified atom stereocenters. The Morgan fingerprint density at radius 3 is 2.59 bits per heavy atom. The van der Waals surface area contributed by atoms with E-state index in [-0.39, 0.29) is 11.7 Å². The highest BCUT2D eigenvalue weighted by atomic mass is 16.7. The Bertz CT molecular complexity index is 579. The second-order valence-corrected chi connectivity index (χ2v) is 6.23. The van der Waals surface area contributed by atoms with Gasteiger partial charge in [-0.25, -0.2) is 0 Å². The molecular formula is C19H23NO2. The summed E-state index contributed by atoms with van der Waals surface area (Å²) in [5.41, 5.74) is 1.75. The van der Waals surface area contributed by atoms with E-state index in [0.717, 1.165) is 36.2 Å². The molecule has 116 valence electrons. The molecule has 0 amide bonds. The highest BCUT2D eigenvalue weighted by molar-refractivity contribution is 5.69. The smallest absolute Gasteiger partial charge is 0.200 e. The zero-order valence-corrected chi connectivity index (χ0v) is 13.2. The van der Waals surface area contributed by atoms with Crippen LogP contribution in [0.25, 0.3) is 5.76 Å². The van der Waals surface area contributed by atoms with E-state index in [4.69, 9.17) is 9.47 Å². The average molecular weight is 297 g/mol. The Balaban J connectivity index is 2.06. The summed E-state index contributed by atoms with van der Waals surface area (Å²) in [5, 5.41) is 9.83. The predicted molar refractivity (Wildman–Crippen MR) is 85.6 cm³/mol. The number of rotatable bonds is 3. The number of benzene rings is 1. The Hall–Kier alpha value is -1.79. The summed E-state index contributed by atoms with van der Waals surface area (Å²) in [6.07, 6.45) is 6.34. The Kier molecular flexibility index (Phi) is 4.49. The molecule has 0 aromatic heterocycles. The van der Waals surface area contributed by atoms with Crippen LogP contribution in [0.15, 0.2) is 35.9 Å². The van der Waals surface area contributed by atoms with Gasteiger partial charge in [0, 0.05) is 24.0 Å². The summed E-state index contributed by atoms with van der Waals surface area (Å²) < 4.78 is 11.9. The third kappa shape index (κ3) is 2.76. The highest BCUT2D eigenvalue weighted by Crippen LogP contribution is 2.52. The first-order valence-electron chi connectivity index (χ1n) is 8.27. The van der Waals surface area contributed by atoms with Crippen molar-refractivity contribution in [2.45, 2.75) is 51.7 Å². The van der Waals surface area contributed by atoms with E-state index in [1.807, 2.05) is 37.3 Å². The van der Waals surface area contributed by atoms with Crippen molar-refractivity contribution in [1.29, 1.82) is 5.26 Å². The zero-order valence-electron chi connectivity index (χ0n) is 13.2. The molecule has 1 heterocycles. The molecule has 0 bridgehead atoms. The van der Waals surface area contributed by atoms with Crippen molar-refractivity contribution in [3.63, 3.8) is 0 Å². The van der Waals surface area contributed by atoms with E-state index in [0.29, 0.717) is 6.61 Å². The van der Waals surface area contributed by atoms with Crippen LogP contribution in [-0.2, 0) is 9.47 Å². The maximum atomic E-state index is 9.83. The summed E-state index contributed by atoms with van der Waals surface area (Å²) >= 11 is 0. The molecule has 1 fully saturated rings. The summed E-state index contributed by atoms with van der Waals surface area (Å²) in [4.78, 5) is 0. The minimum atomic E-state index is -0.240. The van der Waals surface area contributed by atoms with Gasteiger partial charge in [-0.1, -0.05) is 49.6 Å². The molecule has 3 rings (SSSR count). The molecule has 0 saturated heterocycles. The van der Waals surface area contributed by atoms with E-state index >= 15 is 0 Å². The number of nitrogens with zero attached hydrogens (tertiary/aromatic N) is 1. The minimum absolute atomic E-state index is 0.0593. The fourth-order valence-corrected chi connectivity index (χ4v) is 3.83. The van der Waals surface area contributed by atoms with E-state index in [1.165, 1.54) is 19.3 Å². The minimum Gasteiger partial charge on any atom is -0.463 e. The summed E-state index contributed by atoms with van der Waals surface area (Å²) in [7, 11) is 0. The lowest BCUT2D eigenvalue weighted by Crippen LogP contribution is -2.37. The van der Waals surface area contributed by atoms with Crippen molar-refractivity contribution in [1.82, 2.24) is 0 Å².